The van der Waals surface area contributed by atoms with Crippen molar-refractivity contribution in [1.82, 2.24) is 15.1 Å². The minimum absolute atomic E-state index is 0.151. The molecule has 0 aromatic carbocycles. The van der Waals surface area contributed by atoms with Gasteiger partial charge in [-0.25, -0.2) is 8.78 Å². The molecule has 1 aromatic heterocycles. The van der Waals surface area contributed by atoms with Gasteiger partial charge in [0.15, 0.2) is 0 Å². The van der Waals surface area contributed by atoms with Gasteiger partial charge in [0, 0.05) is 31.6 Å². The van der Waals surface area contributed by atoms with Gasteiger partial charge in [-0.1, -0.05) is 0 Å². The third-order valence-corrected chi connectivity index (χ3v) is 3.25. The van der Waals surface area contributed by atoms with E-state index in [9.17, 15) is 13.6 Å². The summed E-state index contributed by atoms with van der Waals surface area (Å²) >= 11 is 0. The first-order chi connectivity index (χ1) is 8.50. The van der Waals surface area contributed by atoms with E-state index in [1.165, 1.54) is 0 Å². The summed E-state index contributed by atoms with van der Waals surface area (Å²) in [5.74, 6) is -2.84. The number of nitrogens with one attached hydrogen (secondary N) is 1. The number of halogens is 2. The van der Waals surface area contributed by atoms with Crippen molar-refractivity contribution in [2.45, 2.75) is 51.1 Å². The number of amides is 1. The van der Waals surface area contributed by atoms with Crippen molar-refractivity contribution in [1.29, 1.82) is 0 Å². The topological polar surface area (TPSA) is 46.9 Å². The number of aromatic nitrogens is 2. The van der Waals surface area contributed by atoms with Gasteiger partial charge in [0.05, 0.1) is 0 Å². The van der Waals surface area contributed by atoms with Crippen LogP contribution in [0.25, 0.3) is 0 Å². The first kappa shape index (κ1) is 13.0. The van der Waals surface area contributed by atoms with Gasteiger partial charge in [-0.15, -0.1) is 0 Å². The Kier molecular flexibility index (Phi) is 3.63. The molecule has 0 saturated heterocycles. The van der Waals surface area contributed by atoms with Gasteiger partial charge in [0.25, 0.3) is 5.91 Å². The molecule has 1 aromatic rings. The Labute approximate surface area is 104 Å². The Bertz CT molecular complexity index is 421. The minimum Gasteiger partial charge on any atom is -0.348 e. The number of hydrogen-bond donors (Lipinski definition) is 1. The SMILES string of the molecule is CCn1ccc(C(=O)NC2CCC(F)(F)CC2)n1. The number of carbonyl (C=O) groups is 1. The van der Waals surface area contributed by atoms with E-state index in [0.29, 0.717) is 25.1 Å². The lowest BCUT2D eigenvalue weighted by atomic mass is 9.92. The highest BCUT2D eigenvalue weighted by Gasteiger charge is 2.35. The first-order valence-corrected chi connectivity index (χ1v) is 6.22. The highest BCUT2D eigenvalue weighted by atomic mass is 19.3. The summed E-state index contributed by atoms with van der Waals surface area (Å²) in [5, 5.41) is 6.84. The molecular formula is C12H17F2N3O. The van der Waals surface area contributed by atoms with Gasteiger partial charge in [0.1, 0.15) is 5.69 Å². The fourth-order valence-corrected chi connectivity index (χ4v) is 2.10. The van der Waals surface area contributed by atoms with Crippen LogP contribution in [0.15, 0.2) is 12.3 Å². The molecular weight excluding hydrogens is 240 g/mol. The zero-order chi connectivity index (χ0) is 13.2. The normalized spacial score (nSPS) is 19.7. The van der Waals surface area contributed by atoms with Crippen molar-refractivity contribution in [3.63, 3.8) is 0 Å². The molecule has 1 heterocycles. The van der Waals surface area contributed by atoms with Gasteiger partial charge in [0.2, 0.25) is 5.92 Å². The van der Waals surface area contributed by atoms with E-state index in [4.69, 9.17) is 0 Å². The number of rotatable bonds is 3. The molecule has 0 atom stereocenters. The van der Waals surface area contributed by atoms with Gasteiger partial charge < -0.3 is 5.32 Å². The lowest BCUT2D eigenvalue weighted by Gasteiger charge is -2.28. The largest absolute Gasteiger partial charge is 0.348 e. The average Bonchev–Trinajstić information content (AvgIpc) is 2.80. The highest BCUT2D eigenvalue weighted by molar-refractivity contribution is 5.92. The molecule has 100 valence electrons. The summed E-state index contributed by atoms with van der Waals surface area (Å²) in [5.41, 5.74) is 0.342. The molecule has 4 nitrogen and oxygen atoms in total. The molecule has 0 bridgehead atoms. The lowest BCUT2D eigenvalue weighted by molar-refractivity contribution is -0.0399. The van der Waals surface area contributed by atoms with E-state index >= 15 is 0 Å². The molecule has 0 aliphatic heterocycles. The lowest BCUT2D eigenvalue weighted by Crippen LogP contribution is -2.40. The maximum absolute atomic E-state index is 13.0. The van der Waals surface area contributed by atoms with Crippen LogP contribution in [-0.2, 0) is 6.54 Å². The maximum atomic E-state index is 13.0. The third-order valence-electron chi connectivity index (χ3n) is 3.25. The molecule has 1 N–H and O–H groups in total. The van der Waals surface area contributed by atoms with E-state index in [1.54, 1.807) is 16.9 Å². The van der Waals surface area contributed by atoms with E-state index in [2.05, 4.69) is 10.4 Å². The smallest absolute Gasteiger partial charge is 0.271 e. The van der Waals surface area contributed by atoms with Crippen LogP contribution in [-0.4, -0.2) is 27.7 Å². The van der Waals surface area contributed by atoms with Crippen LogP contribution >= 0.6 is 0 Å². The molecule has 0 radical (unpaired) electrons. The van der Waals surface area contributed by atoms with E-state index < -0.39 is 5.92 Å². The third kappa shape index (κ3) is 3.05. The Morgan fingerprint density at radius 3 is 2.78 bits per heavy atom. The minimum atomic E-state index is -2.56. The number of alkyl halides is 2. The predicted octanol–water partition coefficient (Wildman–Crippen LogP) is 2.21. The van der Waals surface area contributed by atoms with Crippen molar-refractivity contribution < 1.29 is 13.6 Å². The molecule has 2 rings (SSSR count). The van der Waals surface area contributed by atoms with Crippen molar-refractivity contribution in [2.75, 3.05) is 0 Å². The van der Waals surface area contributed by atoms with Crippen LogP contribution in [0, 0.1) is 0 Å². The fourth-order valence-electron chi connectivity index (χ4n) is 2.10. The summed E-state index contributed by atoms with van der Waals surface area (Å²) in [7, 11) is 0. The van der Waals surface area contributed by atoms with Crippen molar-refractivity contribution in [3.05, 3.63) is 18.0 Å². The second-order valence-electron chi connectivity index (χ2n) is 4.66. The van der Waals surface area contributed by atoms with Crippen LogP contribution < -0.4 is 5.32 Å². The van der Waals surface area contributed by atoms with E-state index in [-0.39, 0.29) is 24.8 Å². The van der Waals surface area contributed by atoms with Crippen LogP contribution in [0.3, 0.4) is 0 Å². The fraction of sp³-hybridized carbons (Fsp3) is 0.667. The number of hydrogen-bond acceptors (Lipinski definition) is 2. The molecule has 1 amide bonds. The zero-order valence-corrected chi connectivity index (χ0v) is 10.3. The Balaban J connectivity index is 1.88. The van der Waals surface area contributed by atoms with Crippen molar-refractivity contribution >= 4 is 5.91 Å². The van der Waals surface area contributed by atoms with Gasteiger partial charge in [-0.05, 0) is 25.8 Å². The molecule has 1 fully saturated rings. The van der Waals surface area contributed by atoms with Gasteiger partial charge >= 0.3 is 0 Å². The summed E-state index contributed by atoms with van der Waals surface area (Å²) in [6.45, 7) is 2.63. The highest BCUT2D eigenvalue weighted by Crippen LogP contribution is 2.32. The molecule has 0 unspecified atom stereocenters. The molecule has 6 heteroatoms. The van der Waals surface area contributed by atoms with Gasteiger partial charge in [-0.2, -0.15) is 5.10 Å². The van der Waals surface area contributed by atoms with Crippen LogP contribution in [0.2, 0.25) is 0 Å². The van der Waals surface area contributed by atoms with E-state index in [0.717, 1.165) is 0 Å². The molecule has 1 saturated carbocycles. The summed E-state index contributed by atoms with van der Waals surface area (Å²) in [6.07, 6.45) is 2.08. The van der Waals surface area contributed by atoms with Crippen LogP contribution in [0.5, 0.6) is 0 Å². The second-order valence-corrected chi connectivity index (χ2v) is 4.66. The Hall–Kier alpha value is -1.46. The Morgan fingerprint density at radius 1 is 1.56 bits per heavy atom. The Morgan fingerprint density at radius 2 is 2.22 bits per heavy atom. The quantitative estimate of drug-likeness (QED) is 0.902. The standard InChI is InChI=1S/C12H17F2N3O/c1-2-17-8-5-10(16-17)11(18)15-9-3-6-12(13,14)7-4-9/h5,8-9H,2-4,6-7H2,1H3,(H,15,18). The maximum Gasteiger partial charge on any atom is 0.271 e. The van der Waals surface area contributed by atoms with E-state index in [1.807, 2.05) is 6.92 Å². The number of carbonyl (C=O) groups excluding carboxylic acids is 1. The number of nitrogens with zero attached hydrogens (tertiary/aromatic N) is 2. The monoisotopic (exact) mass is 257 g/mol. The van der Waals surface area contributed by atoms with Crippen molar-refractivity contribution in [2.24, 2.45) is 0 Å². The summed E-state index contributed by atoms with van der Waals surface area (Å²) in [4.78, 5) is 11.8. The average molecular weight is 257 g/mol. The zero-order valence-electron chi connectivity index (χ0n) is 10.3. The molecule has 1 aliphatic rings. The molecule has 18 heavy (non-hydrogen) atoms. The van der Waals surface area contributed by atoms with Crippen LogP contribution in [0.4, 0.5) is 8.78 Å². The second kappa shape index (κ2) is 5.04. The van der Waals surface area contributed by atoms with Crippen molar-refractivity contribution in [3.8, 4) is 0 Å². The number of aryl methyl sites for hydroxylation is 1. The summed E-state index contributed by atoms with van der Waals surface area (Å²) in [6, 6.07) is 1.47. The molecule has 0 spiro atoms. The van der Waals surface area contributed by atoms with Gasteiger partial charge in [-0.3, -0.25) is 9.48 Å². The first-order valence-electron chi connectivity index (χ1n) is 6.22. The summed E-state index contributed by atoms with van der Waals surface area (Å²) < 4.78 is 27.6. The predicted molar refractivity (Wildman–Crippen MR) is 62.6 cm³/mol. The molecule has 1 aliphatic carbocycles. The van der Waals surface area contributed by atoms with Crippen LogP contribution in [0.1, 0.15) is 43.1 Å².